The van der Waals surface area contributed by atoms with Crippen molar-refractivity contribution < 1.29 is 9.59 Å². The summed E-state index contributed by atoms with van der Waals surface area (Å²) < 4.78 is 2.76. The number of nitrogens with zero attached hydrogens (tertiary/aromatic N) is 4. The molecule has 0 N–H and O–H groups in total. The van der Waals surface area contributed by atoms with Crippen LogP contribution in [-0.4, -0.2) is 56.7 Å². The number of carbonyl (C=O) groups excluding carboxylic acids is 2. The van der Waals surface area contributed by atoms with Crippen LogP contribution in [0.25, 0.3) is 5.65 Å². The summed E-state index contributed by atoms with van der Waals surface area (Å²) in [5.41, 5.74) is 2.08. The Balaban J connectivity index is 1.54. The zero-order valence-corrected chi connectivity index (χ0v) is 20.4. The van der Waals surface area contributed by atoms with E-state index in [2.05, 4.69) is 47.5 Å². The van der Waals surface area contributed by atoms with E-state index in [0.29, 0.717) is 35.8 Å². The summed E-state index contributed by atoms with van der Waals surface area (Å²) in [5.74, 6) is 0.296. The third-order valence-electron chi connectivity index (χ3n) is 6.08. The van der Waals surface area contributed by atoms with Gasteiger partial charge >= 0.3 is 0 Å². The minimum absolute atomic E-state index is 0.0372. The number of carbonyl (C=O) groups is 2. The first kappa shape index (κ1) is 21.9. The van der Waals surface area contributed by atoms with Crippen molar-refractivity contribution in [3.05, 3.63) is 32.2 Å². The number of pyridine rings is 1. The molecule has 6 nitrogen and oxygen atoms in total. The third kappa shape index (κ3) is 4.33. The van der Waals surface area contributed by atoms with Gasteiger partial charge in [-0.3, -0.25) is 14.0 Å². The summed E-state index contributed by atoms with van der Waals surface area (Å²) in [5, 5.41) is 0.320. The van der Waals surface area contributed by atoms with E-state index in [4.69, 9.17) is 11.6 Å². The lowest BCUT2D eigenvalue weighted by Gasteiger charge is -2.40. The summed E-state index contributed by atoms with van der Waals surface area (Å²) in [7, 11) is 0. The van der Waals surface area contributed by atoms with Gasteiger partial charge < -0.3 is 9.80 Å². The Hall–Kier alpha value is -1.35. The monoisotopic (exact) mass is 542 g/mol. The molecule has 1 aliphatic heterocycles. The van der Waals surface area contributed by atoms with E-state index < -0.39 is 0 Å². The van der Waals surface area contributed by atoms with E-state index in [1.54, 1.807) is 9.30 Å². The smallest absolute Gasteiger partial charge is 0.276 e. The molecule has 2 aromatic heterocycles. The molecule has 0 aromatic carbocycles. The van der Waals surface area contributed by atoms with Crippen LogP contribution >= 0.6 is 34.2 Å². The van der Waals surface area contributed by atoms with E-state index in [-0.39, 0.29) is 24.1 Å². The Labute approximate surface area is 196 Å². The molecule has 162 valence electrons. The second kappa shape index (κ2) is 9.02. The van der Waals surface area contributed by atoms with Crippen LogP contribution in [0.4, 0.5) is 0 Å². The van der Waals surface area contributed by atoms with Crippen LogP contribution in [-0.2, 0) is 11.2 Å². The number of rotatable bonds is 4. The normalized spacial score (nSPS) is 18.6. The molecule has 0 atom stereocenters. The second-order valence-corrected chi connectivity index (χ2v) is 10.4. The van der Waals surface area contributed by atoms with Gasteiger partial charge in [-0.25, -0.2) is 4.98 Å². The Bertz CT molecular complexity index is 968. The fraction of sp³-hybridized carbons (Fsp3) is 0.591. The number of hydrogen-bond donors (Lipinski definition) is 0. The lowest BCUT2D eigenvalue weighted by Crippen LogP contribution is -2.55. The van der Waals surface area contributed by atoms with Crippen molar-refractivity contribution in [3.63, 3.8) is 0 Å². The van der Waals surface area contributed by atoms with Crippen LogP contribution < -0.4 is 0 Å². The predicted molar refractivity (Wildman–Crippen MR) is 126 cm³/mol. The van der Waals surface area contributed by atoms with Crippen molar-refractivity contribution in [2.75, 3.05) is 19.6 Å². The molecular weight excluding hydrogens is 515 g/mol. The predicted octanol–water partition coefficient (Wildman–Crippen LogP) is 4.41. The van der Waals surface area contributed by atoms with Crippen molar-refractivity contribution in [2.45, 2.75) is 58.4 Å². The van der Waals surface area contributed by atoms with E-state index in [0.717, 1.165) is 28.4 Å². The molecule has 2 aromatic rings. The molecule has 2 fully saturated rings. The SMILES string of the molecule is CC(C)Cc1cc(I)c2nc(C(=O)N3CCN(C4CCCCC4)C(=O)C3)c(Cl)n2c1. The Kier molecular flexibility index (Phi) is 6.58. The zero-order valence-electron chi connectivity index (χ0n) is 17.5. The molecule has 8 heteroatoms. The summed E-state index contributed by atoms with van der Waals surface area (Å²) >= 11 is 8.83. The van der Waals surface area contributed by atoms with Crippen molar-refractivity contribution in [2.24, 2.45) is 5.92 Å². The van der Waals surface area contributed by atoms with E-state index in [9.17, 15) is 9.59 Å². The van der Waals surface area contributed by atoms with Crippen LogP contribution in [0.2, 0.25) is 5.15 Å². The van der Waals surface area contributed by atoms with Crippen molar-refractivity contribution in [3.8, 4) is 0 Å². The highest BCUT2D eigenvalue weighted by Gasteiger charge is 2.34. The van der Waals surface area contributed by atoms with Gasteiger partial charge in [-0.05, 0) is 59.4 Å². The summed E-state index contributed by atoms with van der Waals surface area (Å²) in [6.45, 7) is 5.57. The van der Waals surface area contributed by atoms with E-state index in [1.807, 2.05) is 11.1 Å². The van der Waals surface area contributed by atoms with Gasteiger partial charge in [0.05, 0.1) is 3.57 Å². The van der Waals surface area contributed by atoms with Crippen molar-refractivity contribution >= 4 is 51.7 Å². The first-order chi connectivity index (χ1) is 14.3. The minimum atomic E-state index is -0.262. The van der Waals surface area contributed by atoms with E-state index >= 15 is 0 Å². The van der Waals surface area contributed by atoms with Gasteiger partial charge in [0.15, 0.2) is 11.3 Å². The van der Waals surface area contributed by atoms with Gasteiger partial charge in [0.2, 0.25) is 5.91 Å². The molecule has 4 rings (SSSR count). The number of piperazine rings is 1. The van der Waals surface area contributed by atoms with Crippen LogP contribution in [0.15, 0.2) is 12.3 Å². The maximum atomic E-state index is 13.2. The third-order valence-corrected chi connectivity index (χ3v) is 7.23. The standard InChI is InChI=1S/C22H28ClIN4O2/c1-14(2)10-15-11-17(24)21-25-19(20(23)28(21)12-15)22(30)26-8-9-27(18(29)13-26)16-6-4-3-5-7-16/h11-12,14,16H,3-10,13H2,1-2H3. The molecule has 0 spiro atoms. The van der Waals surface area contributed by atoms with Gasteiger partial charge in [0, 0.05) is 25.3 Å². The zero-order chi connectivity index (χ0) is 21.4. The maximum Gasteiger partial charge on any atom is 0.276 e. The molecular formula is C22H28ClIN4O2. The first-order valence-electron chi connectivity index (χ1n) is 10.8. The van der Waals surface area contributed by atoms with Gasteiger partial charge in [-0.15, -0.1) is 0 Å². The largest absolute Gasteiger partial charge is 0.336 e. The average Bonchev–Trinajstić information content (AvgIpc) is 3.05. The van der Waals surface area contributed by atoms with Gasteiger partial charge in [-0.2, -0.15) is 0 Å². The molecule has 0 bridgehead atoms. The molecule has 1 saturated heterocycles. The summed E-state index contributed by atoms with van der Waals surface area (Å²) in [6.07, 6.45) is 8.69. The molecule has 30 heavy (non-hydrogen) atoms. The lowest BCUT2D eigenvalue weighted by atomic mass is 9.93. The Morgan fingerprint density at radius 1 is 1.27 bits per heavy atom. The number of aromatic nitrogens is 2. The molecule has 3 heterocycles. The second-order valence-electron chi connectivity index (χ2n) is 8.84. The maximum absolute atomic E-state index is 13.2. The topological polar surface area (TPSA) is 57.9 Å². The fourth-order valence-electron chi connectivity index (χ4n) is 4.64. The van der Waals surface area contributed by atoms with Gasteiger partial charge in [0.1, 0.15) is 11.7 Å². The number of imidazole rings is 1. The molecule has 2 aliphatic rings. The summed E-state index contributed by atoms with van der Waals surface area (Å²) in [4.78, 5) is 34.1. The summed E-state index contributed by atoms with van der Waals surface area (Å²) in [6, 6.07) is 2.43. The molecule has 0 radical (unpaired) electrons. The van der Waals surface area contributed by atoms with Crippen molar-refractivity contribution in [1.82, 2.24) is 19.2 Å². The average molecular weight is 543 g/mol. The first-order valence-corrected chi connectivity index (χ1v) is 12.3. The highest BCUT2D eigenvalue weighted by Crippen LogP contribution is 2.27. The van der Waals surface area contributed by atoms with Crippen LogP contribution in [0.1, 0.15) is 62.0 Å². The molecule has 1 aliphatic carbocycles. The highest BCUT2D eigenvalue weighted by atomic mass is 127. The number of halogens is 2. The fourth-order valence-corrected chi connectivity index (χ4v) is 5.67. The van der Waals surface area contributed by atoms with Crippen LogP contribution in [0, 0.1) is 9.49 Å². The minimum Gasteiger partial charge on any atom is -0.336 e. The quantitative estimate of drug-likeness (QED) is 0.538. The van der Waals surface area contributed by atoms with Crippen LogP contribution in [0.3, 0.4) is 0 Å². The van der Waals surface area contributed by atoms with Gasteiger partial charge in [0.25, 0.3) is 5.91 Å². The van der Waals surface area contributed by atoms with E-state index in [1.165, 1.54) is 19.3 Å². The van der Waals surface area contributed by atoms with Gasteiger partial charge in [-0.1, -0.05) is 44.7 Å². The van der Waals surface area contributed by atoms with Crippen molar-refractivity contribution in [1.29, 1.82) is 0 Å². The number of fused-ring (bicyclic) bond motifs is 1. The Morgan fingerprint density at radius 3 is 2.67 bits per heavy atom. The Morgan fingerprint density at radius 2 is 2.00 bits per heavy atom. The lowest BCUT2D eigenvalue weighted by molar-refractivity contribution is -0.138. The number of hydrogen-bond acceptors (Lipinski definition) is 3. The number of amides is 2. The highest BCUT2D eigenvalue weighted by molar-refractivity contribution is 14.1. The molecule has 1 saturated carbocycles. The molecule has 2 amide bonds. The van der Waals surface area contributed by atoms with Crippen LogP contribution in [0.5, 0.6) is 0 Å². The molecule has 0 unspecified atom stereocenters.